The van der Waals surface area contributed by atoms with Gasteiger partial charge in [-0.3, -0.25) is 4.79 Å². The molecule has 1 N–H and O–H groups in total. The van der Waals surface area contributed by atoms with E-state index in [9.17, 15) is 4.79 Å². The minimum absolute atomic E-state index is 0.0780. The van der Waals surface area contributed by atoms with Crippen LogP contribution in [0.4, 0.5) is 11.5 Å². The number of aromatic nitrogens is 2. The van der Waals surface area contributed by atoms with Crippen LogP contribution in [-0.4, -0.2) is 34.7 Å². The summed E-state index contributed by atoms with van der Waals surface area (Å²) in [6.07, 6.45) is 2.84. The molecule has 5 nitrogen and oxygen atoms in total. The van der Waals surface area contributed by atoms with E-state index in [4.69, 9.17) is 11.6 Å². The first-order valence-corrected chi connectivity index (χ1v) is 10.5. The summed E-state index contributed by atoms with van der Waals surface area (Å²) in [6, 6.07) is 7.45. The van der Waals surface area contributed by atoms with Gasteiger partial charge in [0.25, 0.3) is 0 Å². The van der Waals surface area contributed by atoms with Crippen LogP contribution >= 0.6 is 23.4 Å². The number of nitrogens with one attached hydrogen (secondary N) is 1. The maximum atomic E-state index is 12.3. The second-order valence-corrected chi connectivity index (χ2v) is 8.79. The number of piperidine rings is 1. The fraction of sp³-hybridized carbons (Fsp3) is 0.450. The Morgan fingerprint density at radius 2 is 2.00 bits per heavy atom. The van der Waals surface area contributed by atoms with Gasteiger partial charge in [0, 0.05) is 29.9 Å². The van der Waals surface area contributed by atoms with Gasteiger partial charge in [0.15, 0.2) is 0 Å². The van der Waals surface area contributed by atoms with Crippen LogP contribution in [0.5, 0.6) is 0 Å². The van der Waals surface area contributed by atoms with Crippen LogP contribution in [0.15, 0.2) is 35.6 Å². The van der Waals surface area contributed by atoms with Gasteiger partial charge in [0.05, 0.1) is 5.75 Å². The molecule has 2 heterocycles. The number of carbonyl (C=O) groups excluding carboxylic acids is 1. The van der Waals surface area contributed by atoms with Gasteiger partial charge < -0.3 is 10.2 Å². The quantitative estimate of drug-likeness (QED) is 0.580. The standard InChI is InChI=1S/C20H25ClN4OS/c1-13-6-14(2)10-25(9-13)18-8-20(23-12-22-18)27-11-19(26)24-17-7-16(21)5-4-15(17)3/h4-5,7-8,12-14H,6,9-11H2,1-3H3,(H,24,26). The molecule has 0 saturated carbocycles. The Labute approximate surface area is 169 Å². The fourth-order valence-corrected chi connectivity index (χ4v) is 4.32. The number of benzene rings is 1. The van der Waals surface area contributed by atoms with Crippen LogP contribution in [0.3, 0.4) is 0 Å². The van der Waals surface area contributed by atoms with Gasteiger partial charge in [-0.2, -0.15) is 0 Å². The molecule has 2 unspecified atom stereocenters. The third kappa shape index (κ3) is 5.59. The summed E-state index contributed by atoms with van der Waals surface area (Å²) >= 11 is 7.42. The number of thioether (sulfide) groups is 1. The molecule has 1 aromatic heterocycles. The maximum Gasteiger partial charge on any atom is 0.234 e. The topological polar surface area (TPSA) is 58.1 Å². The van der Waals surface area contributed by atoms with Crippen molar-refractivity contribution >= 4 is 40.8 Å². The Bertz CT molecular complexity index is 806. The lowest BCUT2D eigenvalue weighted by Crippen LogP contribution is -2.39. The average molecular weight is 405 g/mol. The van der Waals surface area contributed by atoms with Crippen molar-refractivity contribution in [2.24, 2.45) is 11.8 Å². The molecule has 0 aliphatic carbocycles. The van der Waals surface area contributed by atoms with Gasteiger partial charge in [0.1, 0.15) is 17.2 Å². The molecule has 27 heavy (non-hydrogen) atoms. The Balaban J connectivity index is 1.59. The van der Waals surface area contributed by atoms with E-state index in [-0.39, 0.29) is 11.7 Å². The summed E-state index contributed by atoms with van der Waals surface area (Å²) in [5.74, 6) is 2.47. The second kappa shape index (κ2) is 8.93. The van der Waals surface area contributed by atoms with Crippen LogP contribution in [0.25, 0.3) is 0 Å². The van der Waals surface area contributed by atoms with Gasteiger partial charge in [-0.25, -0.2) is 9.97 Å². The molecule has 0 bridgehead atoms. The zero-order valence-corrected chi connectivity index (χ0v) is 17.5. The first-order valence-electron chi connectivity index (χ1n) is 9.16. The smallest absolute Gasteiger partial charge is 0.234 e. The molecular weight excluding hydrogens is 380 g/mol. The predicted octanol–water partition coefficient (Wildman–Crippen LogP) is 4.65. The second-order valence-electron chi connectivity index (χ2n) is 7.36. The lowest BCUT2D eigenvalue weighted by Gasteiger charge is -2.35. The summed E-state index contributed by atoms with van der Waals surface area (Å²) in [6.45, 7) is 8.53. The van der Waals surface area contributed by atoms with E-state index < -0.39 is 0 Å². The van der Waals surface area contributed by atoms with Crippen molar-refractivity contribution in [3.63, 3.8) is 0 Å². The van der Waals surface area contributed by atoms with Crippen molar-refractivity contribution in [3.8, 4) is 0 Å². The SMILES string of the molecule is Cc1ccc(Cl)cc1NC(=O)CSc1cc(N2CC(C)CC(C)C2)ncn1. The van der Waals surface area contributed by atoms with E-state index in [1.54, 1.807) is 12.4 Å². The zero-order valence-electron chi connectivity index (χ0n) is 15.9. The summed E-state index contributed by atoms with van der Waals surface area (Å²) in [7, 11) is 0. The van der Waals surface area contributed by atoms with Gasteiger partial charge in [0.2, 0.25) is 5.91 Å². The number of hydrogen-bond donors (Lipinski definition) is 1. The molecule has 1 aromatic carbocycles. The summed E-state index contributed by atoms with van der Waals surface area (Å²) in [4.78, 5) is 23.4. The number of hydrogen-bond acceptors (Lipinski definition) is 5. The molecular formula is C20H25ClN4OS. The highest BCUT2D eigenvalue weighted by atomic mass is 35.5. The first kappa shape index (κ1) is 20.0. The largest absolute Gasteiger partial charge is 0.356 e. The number of amides is 1. The van der Waals surface area contributed by atoms with Crippen molar-refractivity contribution in [1.29, 1.82) is 0 Å². The lowest BCUT2D eigenvalue weighted by molar-refractivity contribution is -0.113. The zero-order chi connectivity index (χ0) is 19.4. The number of rotatable bonds is 5. The molecule has 1 saturated heterocycles. The third-order valence-electron chi connectivity index (χ3n) is 4.65. The summed E-state index contributed by atoms with van der Waals surface area (Å²) in [5.41, 5.74) is 1.73. The van der Waals surface area contributed by atoms with Gasteiger partial charge in [-0.1, -0.05) is 43.3 Å². The number of aryl methyl sites for hydroxylation is 1. The molecule has 7 heteroatoms. The van der Waals surface area contributed by atoms with E-state index in [0.29, 0.717) is 16.9 Å². The molecule has 1 fully saturated rings. The van der Waals surface area contributed by atoms with E-state index in [1.807, 2.05) is 25.1 Å². The number of anilines is 2. The van der Waals surface area contributed by atoms with Crippen LogP contribution in [0.1, 0.15) is 25.8 Å². The van der Waals surface area contributed by atoms with E-state index in [2.05, 4.69) is 34.0 Å². The summed E-state index contributed by atoms with van der Waals surface area (Å²) in [5, 5.41) is 4.33. The lowest BCUT2D eigenvalue weighted by atomic mass is 9.92. The predicted molar refractivity (Wildman–Crippen MR) is 113 cm³/mol. The number of nitrogens with zero attached hydrogens (tertiary/aromatic N) is 3. The Morgan fingerprint density at radius 1 is 1.26 bits per heavy atom. The van der Waals surface area contributed by atoms with Crippen LogP contribution < -0.4 is 10.2 Å². The van der Waals surface area contributed by atoms with Crippen molar-refractivity contribution in [2.45, 2.75) is 32.2 Å². The maximum absolute atomic E-state index is 12.3. The average Bonchev–Trinajstić information content (AvgIpc) is 2.62. The fourth-order valence-electron chi connectivity index (χ4n) is 3.49. The highest BCUT2D eigenvalue weighted by Gasteiger charge is 2.23. The van der Waals surface area contributed by atoms with Crippen molar-refractivity contribution in [2.75, 3.05) is 29.1 Å². The van der Waals surface area contributed by atoms with Crippen molar-refractivity contribution in [1.82, 2.24) is 9.97 Å². The van der Waals surface area contributed by atoms with Crippen LogP contribution in [0, 0.1) is 18.8 Å². The van der Waals surface area contributed by atoms with Gasteiger partial charge in [-0.15, -0.1) is 0 Å². The number of halogens is 1. The molecule has 1 amide bonds. The molecule has 1 aliphatic rings. The number of carbonyl (C=O) groups is 1. The monoisotopic (exact) mass is 404 g/mol. The normalized spacial score (nSPS) is 19.8. The molecule has 2 atom stereocenters. The third-order valence-corrected chi connectivity index (χ3v) is 5.81. The van der Waals surface area contributed by atoms with Gasteiger partial charge in [-0.05, 0) is 42.9 Å². The Morgan fingerprint density at radius 3 is 2.74 bits per heavy atom. The minimum atomic E-state index is -0.0780. The molecule has 0 radical (unpaired) electrons. The molecule has 3 rings (SSSR count). The molecule has 2 aromatic rings. The van der Waals surface area contributed by atoms with E-state index in [1.165, 1.54) is 18.2 Å². The highest BCUT2D eigenvalue weighted by molar-refractivity contribution is 7.99. The molecule has 0 spiro atoms. The van der Waals surface area contributed by atoms with Crippen LogP contribution in [-0.2, 0) is 4.79 Å². The van der Waals surface area contributed by atoms with Crippen molar-refractivity contribution < 1.29 is 4.79 Å². The van der Waals surface area contributed by atoms with E-state index in [0.717, 1.165) is 35.2 Å². The van der Waals surface area contributed by atoms with Crippen LogP contribution in [0.2, 0.25) is 5.02 Å². The van der Waals surface area contributed by atoms with Gasteiger partial charge >= 0.3 is 0 Å². The molecule has 144 valence electrons. The van der Waals surface area contributed by atoms with E-state index >= 15 is 0 Å². The highest BCUT2D eigenvalue weighted by Crippen LogP contribution is 2.27. The first-order chi connectivity index (χ1) is 12.9. The molecule has 1 aliphatic heterocycles. The Kier molecular flexibility index (Phi) is 6.60. The van der Waals surface area contributed by atoms with Crippen molar-refractivity contribution in [3.05, 3.63) is 41.2 Å². The minimum Gasteiger partial charge on any atom is -0.356 e. The summed E-state index contributed by atoms with van der Waals surface area (Å²) < 4.78 is 0. The Hall–Kier alpha value is -1.79.